The largest absolute Gasteiger partial charge is 0.0654 e. The fourth-order valence-corrected chi connectivity index (χ4v) is 2.89. The van der Waals surface area contributed by atoms with Crippen LogP contribution >= 0.6 is 0 Å². The highest BCUT2D eigenvalue weighted by molar-refractivity contribution is 4.88. The summed E-state index contributed by atoms with van der Waals surface area (Å²) < 4.78 is 0. The first kappa shape index (κ1) is 10.1. The molecule has 1 aliphatic carbocycles. The number of rotatable bonds is 4. The molecule has 1 fully saturated rings. The summed E-state index contributed by atoms with van der Waals surface area (Å²) in [5.41, 5.74) is 0. The minimum Gasteiger partial charge on any atom is -0.0654 e. The van der Waals surface area contributed by atoms with Crippen molar-refractivity contribution in [2.24, 2.45) is 23.7 Å². The van der Waals surface area contributed by atoms with Crippen LogP contribution in [-0.2, 0) is 0 Å². The molecule has 12 heavy (non-hydrogen) atoms. The van der Waals surface area contributed by atoms with Crippen LogP contribution in [0.1, 0.15) is 53.4 Å². The molecular formula is C12H24. The van der Waals surface area contributed by atoms with Crippen molar-refractivity contribution in [3.05, 3.63) is 0 Å². The van der Waals surface area contributed by atoms with Gasteiger partial charge < -0.3 is 0 Å². The molecule has 1 aliphatic rings. The van der Waals surface area contributed by atoms with Crippen molar-refractivity contribution in [3.8, 4) is 0 Å². The molecule has 72 valence electrons. The Bertz CT molecular complexity index is 124. The molecule has 0 amide bonds. The quantitative estimate of drug-likeness (QED) is 0.592. The lowest BCUT2D eigenvalue weighted by Gasteiger charge is -2.46. The lowest BCUT2D eigenvalue weighted by atomic mass is 9.60. The van der Waals surface area contributed by atoms with E-state index in [1.807, 2.05) is 0 Å². The van der Waals surface area contributed by atoms with E-state index in [-0.39, 0.29) is 0 Å². The molecule has 0 aromatic carbocycles. The second kappa shape index (κ2) is 4.30. The number of hydrogen-bond acceptors (Lipinski definition) is 0. The Labute approximate surface area is 77.7 Å². The summed E-state index contributed by atoms with van der Waals surface area (Å²) in [4.78, 5) is 0. The van der Waals surface area contributed by atoms with E-state index >= 15 is 0 Å². The van der Waals surface area contributed by atoms with Gasteiger partial charge in [-0.05, 0) is 30.1 Å². The Morgan fingerprint density at radius 1 is 1.33 bits per heavy atom. The van der Waals surface area contributed by atoms with Gasteiger partial charge in [-0.15, -0.1) is 0 Å². The van der Waals surface area contributed by atoms with Crippen LogP contribution < -0.4 is 0 Å². The Morgan fingerprint density at radius 2 is 2.00 bits per heavy atom. The predicted octanol–water partition coefficient (Wildman–Crippen LogP) is 4.10. The molecule has 0 spiro atoms. The molecule has 0 radical (unpaired) electrons. The van der Waals surface area contributed by atoms with Gasteiger partial charge in [0.05, 0.1) is 0 Å². The van der Waals surface area contributed by atoms with E-state index in [1.165, 1.54) is 25.7 Å². The fourth-order valence-electron chi connectivity index (χ4n) is 2.89. The average Bonchev–Trinajstić information content (AvgIpc) is 2.03. The van der Waals surface area contributed by atoms with Crippen LogP contribution in [0.25, 0.3) is 0 Å². The summed E-state index contributed by atoms with van der Waals surface area (Å²) in [5.74, 6) is 4.09. The molecule has 0 nitrogen and oxygen atoms in total. The van der Waals surface area contributed by atoms with Crippen LogP contribution in [0.4, 0.5) is 0 Å². The van der Waals surface area contributed by atoms with Gasteiger partial charge in [-0.1, -0.05) is 47.0 Å². The van der Waals surface area contributed by atoms with Crippen molar-refractivity contribution >= 4 is 0 Å². The Kier molecular flexibility index (Phi) is 3.61. The number of hydrogen-bond donors (Lipinski definition) is 0. The predicted molar refractivity (Wildman–Crippen MR) is 55.1 cm³/mol. The van der Waals surface area contributed by atoms with Crippen molar-refractivity contribution < 1.29 is 0 Å². The van der Waals surface area contributed by atoms with E-state index in [2.05, 4.69) is 27.7 Å². The van der Waals surface area contributed by atoms with Crippen molar-refractivity contribution in [1.82, 2.24) is 0 Å². The Hall–Kier alpha value is 0. The molecule has 0 bridgehead atoms. The minimum atomic E-state index is 0.979. The van der Waals surface area contributed by atoms with Gasteiger partial charge >= 0.3 is 0 Å². The van der Waals surface area contributed by atoms with E-state index in [1.54, 1.807) is 0 Å². The maximum Gasteiger partial charge on any atom is -0.0357 e. The standard InChI is InChI=1S/C12H24/c1-5-7-9(3)12-8-11(6-2)10(12)4/h9-12H,5-8H2,1-4H3. The summed E-state index contributed by atoms with van der Waals surface area (Å²) >= 11 is 0. The van der Waals surface area contributed by atoms with Gasteiger partial charge in [0.2, 0.25) is 0 Å². The molecule has 0 saturated heterocycles. The summed E-state index contributed by atoms with van der Waals surface area (Å²) in [6.45, 7) is 9.53. The molecule has 0 heterocycles. The van der Waals surface area contributed by atoms with Gasteiger partial charge in [-0.3, -0.25) is 0 Å². The van der Waals surface area contributed by atoms with Crippen LogP contribution in [0.2, 0.25) is 0 Å². The highest BCUT2D eigenvalue weighted by atomic mass is 14.4. The monoisotopic (exact) mass is 168 g/mol. The topological polar surface area (TPSA) is 0 Å². The van der Waals surface area contributed by atoms with E-state index in [0.717, 1.165) is 23.7 Å². The van der Waals surface area contributed by atoms with E-state index in [4.69, 9.17) is 0 Å². The molecule has 4 atom stereocenters. The van der Waals surface area contributed by atoms with Gasteiger partial charge in [-0.2, -0.15) is 0 Å². The molecule has 0 aliphatic heterocycles. The second-order valence-electron chi connectivity index (χ2n) is 4.69. The molecule has 4 unspecified atom stereocenters. The molecule has 0 N–H and O–H groups in total. The summed E-state index contributed by atoms with van der Waals surface area (Å²) in [5, 5.41) is 0. The third-order valence-electron chi connectivity index (χ3n) is 3.99. The maximum absolute atomic E-state index is 2.45. The highest BCUT2D eigenvalue weighted by Gasteiger charge is 2.38. The minimum absolute atomic E-state index is 0.979. The normalized spacial score (nSPS) is 37.5. The Morgan fingerprint density at radius 3 is 2.42 bits per heavy atom. The van der Waals surface area contributed by atoms with Gasteiger partial charge in [0, 0.05) is 0 Å². The van der Waals surface area contributed by atoms with E-state index < -0.39 is 0 Å². The van der Waals surface area contributed by atoms with Crippen LogP contribution in [0.15, 0.2) is 0 Å². The zero-order valence-electron chi connectivity index (χ0n) is 9.14. The zero-order valence-corrected chi connectivity index (χ0v) is 9.14. The van der Waals surface area contributed by atoms with Crippen LogP contribution in [0.5, 0.6) is 0 Å². The molecule has 1 saturated carbocycles. The summed E-state index contributed by atoms with van der Waals surface area (Å²) in [6.07, 6.45) is 5.71. The summed E-state index contributed by atoms with van der Waals surface area (Å²) in [7, 11) is 0. The van der Waals surface area contributed by atoms with Crippen LogP contribution in [0, 0.1) is 23.7 Å². The lowest BCUT2D eigenvalue weighted by molar-refractivity contribution is 0.0368. The maximum atomic E-state index is 2.45. The molecule has 0 aromatic rings. The molecule has 1 rings (SSSR count). The SMILES string of the molecule is CCCC(C)C1CC(CC)C1C. The third kappa shape index (κ3) is 1.84. The molecule has 0 heteroatoms. The lowest BCUT2D eigenvalue weighted by Crippen LogP contribution is -2.38. The first-order chi connectivity index (χ1) is 5.70. The zero-order chi connectivity index (χ0) is 9.14. The van der Waals surface area contributed by atoms with Crippen molar-refractivity contribution in [3.63, 3.8) is 0 Å². The Balaban J connectivity index is 2.28. The fraction of sp³-hybridized carbons (Fsp3) is 1.00. The van der Waals surface area contributed by atoms with Gasteiger partial charge in [0.25, 0.3) is 0 Å². The summed E-state index contributed by atoms with van der Waals surface area (Å²) in [6, 6.07) is 0. The van der Waals surface area contributed by atoms with Gasteiger partial charge in [0.15, 0.2) is 0 Å². The smallest absolute Gasteiger partial charge is 0.0357 e. The average molecular weight is 168 g/mol. The third-order valence-corrected chi connectivity index (χ3v) is 3.99. The first-order valence-electron chi connectivity index (χ1n) is 5.70. The van der Waals surface area contributed by atoms with E-state index in [0.29, 0.717) is 0 Å². The van der Waals surface area contributed by atoms with Gasteiger partial charge in [-0.25, -0.2) is 0 Å². The molecular weight excluding hydrogens is 144 g/mol. The van der Waals surface area contributed by atoms with Crippen LogP contribution in [0.3, 0.4) is 0 Å². The van der Waals surface area contributed by atoms with E-state index in [9.17, 15) is 0 Å². The van der Waals surface area contributed by atoms with Crippen LogP contribution in [-0.4, -0.2) is 0 Å². The van der Waals surface area contributed by atoms with Crippen molar-refractivity contribution in [2.45, 2.75) is 53.4 Å². The second-order valence-corrected chi connectivity index (χ2v) is 4.69. The van der Waals surface area contributed by atoms with Gasteiger partial charge in [0.1, 0.15) is 0 Å². The molecule has 0 aromatic heterocycles. The van der Waals surface area contributed by atoms with Crippen molar-refractivity contribution in [2.75, 3.05) is 0 Å². The van der Waals surface area contributed by atoms with Crippen molar-refractivity contribution in [1.29, 1.82) is 0 Å². The first-order valence-corrected chi connectivity index (χ1v) is 5.70. The highest BCUT2D eigenvalue weighted by Crippen LogP contribution is 2.47.